The zero-order valence-corrected chi connectivity index (χ0v) is 9.65. The van der Waals surface area contributed by atoms with E-state index < -0.39 is 11.7 Å². The molecule has 0 fully saturated rings. The third-order valence-corrected chi connectivity index (χ3v) is 2.79. The summed E-state index contributed by atoms with van der Waals surface area (Å²) in [5, 5.41) is 0. The molecule has 2 N–H and O–H groups in total. The van der Waals surface area contributed by atoms with Gasteiger partial charge in [-0.3, -0.25) is 0 Å². The number of alkyl halides is 3. The highest BCUT2D eigenvalue weighted by Gasteiger charge is 2.31. The summed E-state index contributed by atoms with van der Waals surface area (Å²) in [7, 11) is 0. The Morgan fingerprint density at radius 1 is 1.19 bits per heavy atom. The molecular formula is C12H16F3N. The molecule has 0 unspecified atom stereocenters. The number of hydrogen-bond donors (Lipinski definition) is 1. The fourth-order valence-corrected chi connectivity index (χ4v) is 1.71. The van der Waals surface area contributed by atoms with Crippen molar-refractivity contribution in [1.82, 2.24) is 0 Å². The summed E-state index contributed by atoms with van der Waals surface area (Å²) in [6.45, 7) is 5.92. The zero-order chi connectivity index (χ0) is 12.6. The van der Waals surface area contributed by atoms with Crippen molar-refractivity contribution < 1.29 is 13.2 Å². The molecular weight excluding hydrogens is 215 g/mol. The molecule has 0 heterocycles. The highest BCUT2D eigenvalue weighted by molar-refractivity contribution is 5.37. The lowest BCUT2D eigenvalue weighted by Gasteiger charge is -2.25. The van der Waals surface area contributed by atoms with Crippen LogP contribution in [-0.2, 0) is 11.6 Å². The van der Waals surface area contributed by atoms with Gasteiger partial charge in [-0.1, -0.05) is 19.9 Å². The standard InChI is InChI=1S/C12H16F3N/c1-8-6-9(12(13,14)15)4-5-10(8)11(2,3)7-16/h4-6H,7,16H2,1-3H3. The number of halogens is 3. The van der Waals surface area contributed by atoms with Gasteiger partial charge in [-0.2, -0.15) is 13.2 Å². The van der Waals surface area contributed by atoms with E-state index in [1.165, 1.54) is 12.1 Å². The Kier molecular flexibility index (Phi) is 3.33. The summed E-state index contributed by atoms with van der Waals surface area (Å²) in [6, 6.07) is 3.80. The normalized spacial score (nSPS) is 12.9. The van der Waals surface area contributed by atoms with Gasteiger partial charge in [0, 0.05) is 12.0 Å². The van der Waals surface area contributed by atoms with Gasteiger partial charge in [-0.15, -0.1) is 0 Å². The van der Waals surface area contributed by atoms with Crippen LogP contribution in [0.3, 0.4) is 0 Å². The maximum Gasteiger partial charge on any atom is 0.416 e. The van der Waals surface area contributed by atoms with Gasteiger partial charge in [0.25, 0.3) is 0 Å². The second-order valence-electron chi connectivity index (χ2n) is 4.62. The van der Waals surface area contributed by atoms with Gasteiger partial charge in [0.2, 0.25) is 0 Å². The summed E-state index contributed by atoms with van der Waals surface area (Å²) in [6.07, 6.45) is -4.28. The van der Waals surface area contributed by atoms with Crippen molar-refractivity contribution in [3.8, 4) is 0 Å². The van der Waals surface area contributed by atoms with Crippen LogP contribution in [0.5, 0.6) is 0 Å². The Morgan fingerprint density at radius 3 is 2.12 bits per heavy atom. The van der Waals surface area contributed by atoms with E-state index in [-0.39, 0.29) is 5.41 Å². The minimum absolute atomic E-state index is 0.297. The van der Waals surface area contributed by atoms with Gasteiger partial charge in [0.15, 0.2) is 0 Å². The summed E-state index contributed by atoms with van der Waals surface area (Å²) in [5.74, 6) is 0. The first-order valence-electron chi connectivity index (χ1n) is 5.07. The van der Waals surface area contributed by atoms with E-state index in [2.05, 4.69) is 0 Å². The van der Waals surface area contributed by atoms with Crippen LogP contribution in [0.2, 0.25) is 0 Å². The van der Waals surface area contributed by atoms with Crippen LogP contribution in [0.25, 0.3) is 0 Å². The SMILES string of the molecule is Cc1cc(C(F)(F)F)ccc1C(C)(C)CN. The van der Waals surface area contributed by atoms with Crippen LogP contribution >= 0.6 is 0 Å². The predicted molar refractivity (Wildman–Crippen MR) is 58.3 cm³/mol. The van der Waals surface area contributed by atoms with Crippen LogP contribution in [0, 0.1) is 6.92 Å². The molecule has 0 bridgehead atoms. The van der Waals surface area contributed by atoms with Crippen molar-refractivity contribution in [1.29, 1.82) is 0 Å². The van der Waals surface area contributed by atoms with Gasteiger partial charge >= 0.3 is 6.18 Å². The lowest BCUT2D eigenvalue weighted by atomic mass is 9.81. The molecule has 0 aliphatic heterocycles. The van der Waals surface area contributed by atoms with Crippen molar-refractivity contribution in [2.24, 2.45) is 5.73 Å². The minimum Gasteiger partial charge on any atom is -0.330 e. The van der Waals surface area contributed by atoms with Crippen LogP contribution in [-0.4, -0.2) is 6.54 Å². The first-order valence-corrected chi connectivity index (χ1v) is 5.07. The first-order chi connectivity index (χ1) is 7.18. The molecule has 90 valence electrons. The fourth-order valence-electron chi connectivity index (χ4n) is 1.71. The maximum atomic E-state index is 12.5. The summed E-state index contributed by atoms with van der Waals surface area (Å²) < 4.78 is 37.4. The van der Waals surface area contributed by atoms with E-state index in [1.54, 1.807) is 6.92 Å². The van der Waals surface area contributed by atoms with Gasteiger partial charge in [0.1, 0.15) is 0 Å². The number of benzene rings is 1. The quantitative estimate of drug-likeness (QED) is 0.830. The van der Waals surface area contributed by atoms with Gasteiger partial charge in [-0.25, -0.2) is 0 Å². The summed E-state index contributed by atoms with van der Waals surface area (Å²) in [5.41, 5.74) is 6.20. The topological polar surface area (TPSA) is 26.0 Å². The van der Waals surface area contributed by atoms with Crippen molar-refractivity contribution in [2.45, 2.75) is 32.4 Å². The summed E-state index contributed by atoms with van der Waals surface area (Å²) >= 11 is 0. The molecule has 0 amide bonds. The second kappa shape index (κ2) is 4.09. The molecule has 0 spiro atoms. The molecule has 1 nitrogen and oxygen atoms in total. The molecule has 4 heteroatoms. The second-order valence-corrected chi connectivity index (χ2v) is 4.62. The fraction of sp³-hybridized carbons (Fsp3) is 0.500. The van der Waals surface area contributed by atoms with Crippen LogP contribution in [0.1, 0.15) is 30.5 Å². The highest BCUT2D eigenvalue weighted by Crippen LogP contribution is 2.33. The average molecular weight is 231 g/mol. The van der Waals surface area contributed by atoms with Crippen molar-refractivity contribution in [3.63, 3.8) is 0 Å². The van der Waals surface area contributed by atoms with Crippen molar-refractivity contribution in [3.05, 3.63) is 34.9 Å². The van der Waals surface area contributed by atoms with E-state index >= 15 is 0 Å². The van der Waals surface area contributed by atoms with Gasteiger partial charge in [-0.05, 0) is 30.2 Å². The van der Waals surface area contributed by atoms with E-state index in [0.717, 1.165) is 11.6 Å². The molecule has 1 aromatic carbocycles. The molecule has 0 aliphatic rings. The molecule has 1 rings (SSSR count). The predicted octanol–water partition coefficient (Wildman–Crippen LogP) is 3.25. The van der Waals surface area contributed by atoms with Crippen LogP contribution in [0.4, 0.5) is 13.2 Å². The first kappa shape index (κ1) is 13.0. The number of aryl methyl sites for hydroxylation is 1. The summed E-state index contributed by atoms with van der Waals surface area (Å²) in [4.78, 5) is 0. The monoisotopic (exact) mass is 231 g/mol. The van der Waals surface area contributed by atoms with E-state index in [9.17, 15) is 13.2 Å². The van der Waals surface area contributed by atoms with Crippen LogP contribution in [0.15, 0.2) is 18.2 Å². The lowest BCUT2D eigenvalue weighted by molar-refractivity contribution is -0.137. The van der Waals surface area contributed by atoms with E-state index in [4.69, 9.17) is 5.73 Å². The third-order valence-electron chi connectivity index (χ3n) is 2.79. The lowest BCUT2D eigenvalue weighted by Crippen LogP contribution is -2.29. The maximum absolute atomic E-state index is 12.5. The van der Waals surface area contributed by atoms with E-state index in [1.807, 2.05) is 13.8 Å². The molecule has 1 aromatic rings. The zero-order valence-electron chi connectivity index (χ0n) is 9.65. The molecule has 16 heavy (non-hydrogen) atoms. The Morgan fingerprint density at radius 2 is 1.75 bits per heavy atom. The minimum atomic E-state index is -4.28. The Bertz CT molecular complexity index is 380. The number of rotatable bonds is 2. The van der Waals surface area contributed by atoms with E-state index in [0.29, 0.717) is 12.1 Å². The average Bonchev–Trinajstić information content (AvgIpc) is 2.16. The molecule has 0 atom stereocenters. The molecule has 0 radical (unpaired) electrons. The third kappa shape index (κ3) is 2.55. The van der Waals surface area contributed by atoms with Gasteiger partial charge in [0.05, 0.1) is 5.56 Å². The Labute approximate surface area is 93.5 Å². The van der Waals surface area contributed by atoms with Gasteiger partial charge < -0.3 is 5.73 Å². The van der Waals surface area contributed by atoms with Crippen molar-refractivity contribution in [2.75, 3.05) is 6.54 Å². The van der Waals surface area contributed by atoms with Crippen molar-refractivity contribution >= 4 is 0 Å². The number of hydrogen-bond acceptors (Lipinski definition) is 1. The largest absolute Gasteiger partial charge is 0.416 e. The Hall–Kier alpha value is -1.03. The smallest absolute Gasteiger partial charge is 0.330 e. The Balaban J connectivity index is 3.20. The number of nitrogens with two attached hydrogens (primary N) is 1. The highest BCUT2D eigenvalue weighted by atomic mass is 19.4. The van der Waals surface area contributed by atoms with Crippen LogP contribution < -0.4 is 5.73 Å². The molecule has 0 aliphatic carbocycles. The molecule has 0 saturated heterocycles. The molecule has 0 saturated carbocycles. The molecule has 0 aromatic heterocycles.